The Kier molecular flexibility index (Phi) is 13.6. The number of aryl methyl sites for hydroxylation is 1. The Balaban J connectivity index is 1.38. The van der Waals surface area contributed by atoms with E-state index in [1.807, 2.05) is 18.9 Å². The zero-order valence-corrected chi connectivity index (χ0v) is 38.9. The van der Waals surface area contributed by atoms with Crippen LogP contribution in [0.1, 0.15) is 93.1 Å². The topological polar surface area (TPSA) is 150 Å². The van der Waals surface area contributed by atoms with Gasteiger partial charge < -0.3 is 24.4 Å². The molecule has 0 unspecified atom stereocenters. The molecular weight excluding hydrogens is 859 g/mol. The monoisotopic (exact) mass is 919 g/mol. The number of amides is 1. The summed E-state index contributed by atoms with van der Waals surface area (Å²) in [4.78, 5) is 42.1. The van der Waals surface area contributed by atoms with E-state index >= 15 is 13.2 Å². The van der Waals surface area contributed by atoms with E-state index in [2.05, 4.69) is 15.3 Å². The molecule has 0 spiro atoms. The molecule has 0 aliphatic carbocycles. The third kappa shape index (κ3) is 10.7. The van der Waals surface area contributed by atoms with E-state index in [4.69, 9.17) is 32.8 Å². The maximum atomic E-state index is 17.7. The van der Waals surface area contributed by atoms with Crippen LogP contribution in [0.2, 0.25) is 0 Å². The number of likely N-dealkylation sites (tertiary alicyclic amines) is 1. The number of ether oxygens (including phenoxy) is 3. The highest BCUT2D eigenvalue weighted by Gasteiger charge is 2.53. The SMILES string of the molecule is CCC[C@@]1(COc2nc3c4cnc(c(F)c4n2)-c2cc(OCO[P+](O)(OC(C)(C)C)OC(C)(C)C)cc4ccc(F)c(c24)CCCOC(=O)N[C@]2(C)C[C@@H](F)CN3C2)C[C@@H](F)CN1C. The van der Waals surface area contributed by atoms with E-state index < -0.39 is 67.3 Å². The Morgan fingerprint density at radius 3 is 2.41 bits per heavy atom. The van der Waals surface area contributed by atoms with Crippen molar-refractivity contribution in [1.82, 2.24) is 25.2 Å². The minimum atomic E-state index is -3.96. The van der Waals surface area contributed by atoms with Gasteiger partial charge in [0, 0.05) is 37.7 Å². The fourth-order valence-corrected chi connectivity index (χ4v) is 10.8. The molecule has 1 amide bonds. The van der Waals surface area contributed by atoms with Crippen molar-refractivity contribution in [2.45, 2.75) is 129 Å². The van der Waals surface area contributed by atoms with E-state index in [9.17, 15) is 14.1 Å². The number of fused-ring (bicyclic) bond motifs is 6. The second-order valence-electron chi connectivity index (χ2n) is 19.4. The summed E-state index contributed by atoms with van der Waals surface area (Å²) in [6, 6.07) is 5.68. The third-order valence-electron chi connectivity index (χ3n) is 11.5. The van der Waals surface area contributed by atoms with Crippen molar-refractivity contribution in [3.05, 3.63) is 47.7 Å². The zero-order valence-electron chi connectivity index (χ0n) is 38.0. The molecule has 8 rings (SSSR count). The first-order valence-corrected chi connectivity index (χ1v) is 23.2. The minimum absolute atomic E-state index is 0.00710. The number of piperidine rings is 1. The van der Waals surface area contributed by atoms with Crippen molar-refractivity contribution in [3.8, 4) is 23.0 Å². The molecule has 350 valence electrons. The van der Waals surface area contributed by atoms with Crippen molar-refractivity contribution in [2.24, 2.45) is 0 Å². The number of carbonyl (C=O) groups is 1. The van der Waals surface area contributed by atoms with E-state index in [-0.39, 0.29) is 104 Å². The predicted octanol–water partition coefficient (Wildman–Crippen LogP) is 9.35. The fourth-order valence-electron chi connectivity index (χ4n) is 9.06. The summed E-state index contributed by atoms with van der Waals surface area (Å²) in [5.41, 5.74) is -3.64. The van der Waals surface area contributed by atoms with Gasteiger partial charge in [-0.3, -0.25) is 9.88 Å². The molecule has 14 nitrogen and oxygen atoms in total. The first-order valence-electron chi connectivity index (χ1n) is 21.7. The Morgan fingerprint density at radius 1 is 1.02 bits per heavy atom. The molecular formula is C45H60F4N6O8P+. The molecule has 19 heteroatoms. The number of likely N-dealkylation sites (N-methyl/N-ethyl adjacent to an activating group) is 1. The highest BCUT2D eigenvalue weighted by atomic mass is 31.2. The quantitative estimate of drug-likeness (QED) is 0.0837. The molecule has 2 N–H and O–H groups in total. The first-order chi connectivity index (χ1) is 30.0. The van der Waals surface area contributed by atoms with Crippen molar-refractivity contribution >= 4 is 41.8 Å². The summed E-state index contributed by atoms with van der Waals surface area (Å²) >= 11 is 0. The standard InChI is InChI=1S/C45H59F4N6O8P/c1-10-15-45(20-29(47)22-54(45)9)25-59-40-51-38-33-21-50-37(36(38)49)32-18-30(60-26-61-64(57,62-42(2,3)4)63-43(5,6)7)17-27-13-14-34(48)31(35(27)32)12-11-16-58-41(56)53-44(8)19-28(46)23-55(24-44)39(33)52-40/h13-14,17-18,21,28-29,57H,10-12,15-16,19-20,22-26H2,1-9H3/p+1/t28-,29-,44-,45+/m1/s1. The number of aromatic nitrogens is 3. The fraction of sp³-hybridized carbons (Fsp3) is 0.600. The minimum Gasteiger partial charge on any atom is -0.463 e. The van der Waals surface area contributed by atoms with Crippen LogP contribution in [0.15, 0.2) is 30.5 Å². The lowest BCUT2D eigenvalue weighted by molar-refractivity contribution is -0.0402. The van der Waals surface area contributed by atoms with Crippen molar-refractivity contribution < 1.29 is 55.0 Å². The van der Waals surface area contributed by atoms with Crippen LogP contribution in [-0.4, -0.2) is 112 Å². The number of hydrogen-bond donors (Lipinski definition) is 2. The Labute approximate surface area is 372 Å². The molecule has 6 heterocycles. The molecule has 2 fully saturated rings. The van der Waals surface area contributed by atoms with Crippen molar-refractivity contribution in [2.75, 3.05) is 51.6 Å². The van der Waals surface area contributed by atoms with Crippen LogP contribution >= 0.6 is 8.17 Å². The normalized spacial score (nSPS) is 23.7. The van der Waals surface area contributed by atoms with Crippen LogP contribution in [0.4, 0.5) is 28.2 Å². The molecule has 4 aliphatic rings. The van der Waals surface area contributed by atoms with E-state index in [0.29, 0.717) is 17.2 Å². The summed E-state index contributed by atoms with van der Waals surface area (Å²) in [6.07, 6.45) is -0.101. The number of halogens is 4. The van der Waals surface area contributed by atoms with Gasteiger partial charge in [-0.25, -0.2) is 22.4 Å². The Morgan fingerprint density at radius 2 is 1.73 bits per heavy atom. The highest BCUT2D eigenvalue weighted by molar-refractivity contribution is 7.55. The zero-order chi connectivity index (χ0) is 46.4. The molecule has 6 bridgehead atoms. The van der Waals surface area contributed by atoms with Crippen LogP contribution in [0, 0.1) is 11.6 Å². The highest BCUT2D eigenvalue weighted by Crippen LogP contribution is 2.63. The summed E-state index contributed by atoms with van der Waals surface area (Å²) < 4.78 is 99.7. The van der Waals surface area contributed by atoms with E-state index in [1.165, 1.54) is 24.4 Å². The van der Waals surface area contributed by atoms with Crippen LogP contribution < -0.4 is 19.7 Å². The van der Waals surface area contributed by atoms with Crippen LogP contribution in [0.3, 0.4) is 0 Å². The van der Waals surface area contributed by atoms with Gasteiger partial charge in [-0.15, -0.1) is 13.6 Å². The number of alkyl halides is 2. The second-order valence-corrected chi connectivity index (χ2v) is 21.0. The molecule has 2 aromatic carbocycles. The third-order valence-corrected chi connectivity index (χ3v) is 13.5. The summed E-state index contributed by atoms with van der Waals surface area (Å²) in [5, 5.41) is 3.70. The molecule has 4 aliphatic heterocycles. The van der Waals surface area contributed by atoms with Crippen LogP contribution in [-0.2, 0) is 24.7 Å². The molecule has 2 saturated heterocycles. The number of nitrogens with one attached hydrogen (secondary N) is 1. The van der Waals surface area contributed by atoms with Gasteiger partial charge in [0.25, 0.3) is 0 Å². The lowest BCUT2D eigenvalue weighted by atomic mass is 9.90. The largest absolute Gasteiger partial charge is 0.577 e. The molecule has 4 atom stereocenters. The van der Waals surface area contributed by atoms with Gasteiger partial charge >= 0.3 is 20.3 Å². The van der Waals surface area contributed by atoms with Gasteiger partial charge in [-0.1, -0.05) is 19.4 Å². The first kappa shape index (κ1) is 47.8. The summed E-state index contributed by atoms with van der Waals surface area (Å²) in [5.74, 6) is -1.24. The Hall–Kier alpha value is -4.19. The number of hydrogen-bond acceptors (Lipinski definition) is 13. The molecule has 0 saturated carbocycles. The Bertz CT molecular complexity index is 2350. The van der Waals surface area contributed by atoms with Gasteiger partial charge in [0.15, 0.2) is 5.82 Å². The predicted molar refractivity (Wildman–Crippen MR) is 236 cm³/mol. The smallest absolute Gasteiger partial charge is 0.463 e. The van der Waals surface area contributed by atoms with Crippen molar-refractivity contribution in [3.63, 3.8) is 0 Å². The number of pyridine rings is 1. The number of rotatable bonds is 11. The second kappa shape index (κ2) is 18.2. The molecule has 2 aromatic heterocycles. The van der Waals surface area contributed by atoms with Gasteiger partial charge in [0.1, 0.15) is 58.7 Å². The van der Waals surface area contributed by atoms with Crippen LogP contribution in [0.25, 0.3) is 32.9 Å². The van der Waals surface area contributed by atoms with Gasteiger partial charge in [0.05, 0.1) is 29.6 Å². The lowest BCUT2D eigenvalue weighted by Crippen LogP contribution is -2.60. The summed E-state index contributed by atoms with van der Waals surface area (Å²) in [7, 11) is -2.12. The number of anilines is 1. The summed E-state index contributed by atoms with van der Waals surface area (Å²) in [6.45, 7) is 13.6. The lowest BCUT2D eigenvalue weighted by Gasteiger charge is -2.42. The molecule has 64 heavy (non-hydrogen) atoms. The van der Waals surface area contributed by atoms with Gasteiger partial charge in [-0.2, -0.15) is 14.9 Å². The van der Waals surface area contributed by atoms with Gasteiger partial charge in [0.2, 0.25) is 6.79 Å². The average Bonchev–Trinajstić information content (AvgIpc) is 3.45. The molecule has 4 aromatic rings. The van der Waals surface area contributed by atoms with Crippen LogP contribution in [0.5, 0.6) is 11.8 Å². The maximum Gasteiger partial charge on any atom is 0.577 e. The maximum absolute atomic E-state index is 17.7. The average molecular weight is 920 g/mol. The van der Waals surface area contributed by atoms with E-state index in [0.717, 1.165) is 6.42 Å². The number of alkyl carbamates (subject to hydrolysis) is 1. The number of carbonyl (C=O) groups excluding carboxylic acids is 1. The number of nitrogens with zero attached hydrogens (tertiary/aromatic N) is 5. The number of benzene rings is 2. The van der Waals surface area contributed by atoms with E-state index in [1.54, 1.807) is 59.4 Å². The van der Waals surface area contributed by atoms with Gasteiger partial charge in [-0.05, 0) is 109 Å². The van der Waals surface area contributed by atoms with Crippen molar-refractivity contribution in [1.29, 1.82) is 0 Å². The molecule has 0 radical (unpaired) electrons.